The Labute approximate surface area is 133 Å². The normalized spacial score (nSPS) is 12.5. The van der Waals surface area contributed by atoms with Gasteiger partial charge < -0.3 is 0 Å². The third-order valence-electron chi connectivity index (χ3n) is 4.01. The van der Waals surface area contributed by atoms with E-state index in [4.69, 9.17) is 0 Å². The molecule has 2 rings (SSSR count). The SMILES string of the molecule is C/C=C/C(CC(=O)c1c(C)cc(C)cc1C)c1ccccc1. The first-order chi connectivity index (χ1) is 10.5. The number of hydrogen-bond acceptors (Lipinski definition) is 1. The summed E-state index contributed by atoms with van der Waals surface area (Å²) in [6.07, 6.45) is 4.66. The number of carbonyl (C=O) groups excluding carboxylic acids is 1. The molecule has 2 aromatic rings. The molecule has 22 heavy (non-hydrogen) atoms. The van der Waals surface area contributed by atoms with Crippen LogP contribution in [0.4, 0.5) is 0 Å². The zero-order chi connectivity index (χ0) is 16.1. The van der Waals surface area contributed by atoms with Crippen molar-refractivity contribution in [1.82, 2.24) is 0 Å². The van der Waals surface area contributed by atoms with E-state index < -0.39 is 0 Å². The Morgan fingerprint density at radius 3 is 2.18 bits per heavy atom. The van der Waals surface area contributed by atoms with Crippen LogP contribution in [0.1, 0.15) is 51.9 Å². The van der Waals surface area contributed by atoms with E-state index in [-0.39, 0.29) is 11.7 Å². The van der Waals surface area contributed by atoms with Crippen molar-refractivity contribution in [1.29, 1.82) is 0 Å². The van der Waals surface area contributed by atoms with E-state index >= 15 is 0 Å². The summed E-state index contributed by atoms with van der Waals surface area (Å²) < 4.78 is 0. The zero-order valence-corrected chi connectivity index (χ0v) is 13.9. The van der Waals surface area contributed by atoms with Crippen molar-refractivity contribution in [2.75, 3.05) is 0 Å². The second kappa shape index (κ2) is 7.22. The molecule has 0 bridgehead atoms. The second-order valence-electron chi connectivity index (χ2n) is 5.94. The van der Waals surface area contributed by atoms with Crippen LogP contribution in [0.5, 0.6) is 0 Å². The van der Waals surface area contributed by atoms with Crippen LogP contribution >= 0.6 is 0 Å². The summed E-state index contributed by atoms with van der Waals surface area (Å²) in [6.45, 7) is 8.13. The molecule has 1 atom stereocenters. The molecule has 0 aliphatic carbocycles. The molecule has 1 heteroatoms. The minimum Gasteiger partial charge on any atom is -0.294 e. The molecule has 0 fully saturated rings. The summed E-state index contributed by atoms with van der Waals surface area (Å²) >= 11 is 0. The number of carbonyl (C=O) groups is 1. The number of rotatable bonds is 5. The Balaban J connectivity index is 2.30. The minimum atomic E-state index is 0.138. The fraction of sp³-hybridized carbons (Fsp3) is 0.286. The van der Waals surface area contributed by atoms with Gasteiger partial charge in [0.1, 0.15) is 0 Å². The first-order valence-corrected chi connectivity index (χ1v) is 7.81. The highest BCUT2D eigenvalue weighted by molar-refractivity contribution is 5.99. The Morgan fingerprint density at radius 2 is 1.64 bits per heavy atom. The van der Waals surface area contributed by atoms with Crippen molar-refractivity contribution >= 4 is 5.78 Å². The van der Waals surface area contributed by atoms with E-state index in [9.17, 15) is 4.79 Å². The standard InChI is InChI=1S/C21H24O/c1-5-9-19(18-10-7-6-8-11-18)14-20(22)21-16(3)12-15(2)13-17(21)4/h5-13,19H,14H2,1-4H3/b9-5+. The maximum Gasteiger partial charge on any atom is 0.164 e. The molecule has 0 N–H and O–H groups in total. The Kier molecular flexibility index (Phi) is 5.32. The summed E-state index contributed by atoms with van der Waals surface area (Å²) in [7, 11) is 0. The molecular weight excluding hydrogens is 268 g/mol. The third kappa shape index (κ3) is 3.73. The molecule has 0 saturated heterocycles. The highest BCUT2D eigenvalue weighted by Crippen LogP contribution is 2.26. The van der Waals surface area contributed by atoms with Gasteiger partial charge in [0.05, 0.1) is 0 Å². The molecule has 0 aromatic heterocycles. The number of allylic oxidation sites excluding steroid dienone is 2. The predicted molar refractivity (Wildman–Crippen MR) is 93.6 cm³/mol. The molecule has 2 aromatic carbocycles. The lowest BCUT2D eigenvalue weighted by Crippen LogP contribution is -2.09. The highest BCUT2D eigenvalue weighted by Gasteiger charge is 2.18. The first-order valence-electron chi connectivity index (χ1n) is 7.81. The van der Waals surface area contributed by atoms with Crippen LogP contribution in [0.25, 0.3) is 0 Å². The number of benzene rings is 2. The van der Waals surface area contributed by atoms with Gasteiger partial charge in [-0.25, -0.2) is 0 Å². The smallest absolute Gasteiger partial charge is 0.164 e. The van der Waals surface area contributed by atoms with E-state index in [1.54, 1.807) is 0 Å². The van der Waals surface area contributed by atoms with Gasteiger partial charge in [-0.1, -0.05) is 60.2 Å². The van der Waals surface area contributed by atoms with Crippen LogP contribution in [0.3, 0.4) is 0 Å². The average Bonchev–Trinajstić information content (AvgIpc) is 2.46. The van der Waals surface area contributed by atoms with Crippen LogP contribution in [0.2, 0.25) is 0 Å². The summed E-state index contributed by atoms with van der Waals surface area (Å²) in [5, 5.41) is 0. The summed E-state index contributed by atoms with van der Waals surface area (Å²) in [6, 6.07) is 14.4. The van der Waals surface area contributed by atoms with Crippen LogP contribution in [0, 0.1) is 20.8 Å². The predicted octanol–water partition coefficient (Wildman–Crippen LogP) is 5.54. The maximum atomic E-state index is 12.8. The Morgan fingerprint density at radius 1 is 1.05 bits per heavy atom. The fourth-order valence-electron chi connectivity index (χ4n) is 3.15. The van der Waals surface area contributed by atoms with Crippen molar-refractivity contribution < 1.29 is 4.79 Å². The largest absolute Gasteiger partial charge is 0.294 e. The first kappa shape index (κ1) is 16.2. The van der Waals surface area contributed by atoms with Gasteiger partial charge in [-0.3, -0.25) is 4.79 Å². The topological polar surface area (TPSA) is 17.1 Å². The van der Waals surface area contributed by atoms with Gasteiger partial charge in [0.15, 0.2) is 5.78 Å². The number of ketones is 1. The van der Waals surface area contributed by atoms with Gasteiger partial charge in [-0.15, -0.1) is 0 Å². The van der Waals surface area contributed by atoms with Crippen molar-refractivity contribution in [3.63, 3.8) is 0 Å². The Hall–Kier alpha value is -2.15. The van der Waals surface area contributed by atoms with Crippen LogP contribution in [-0.2, 0) is 0 Å². The molecule has 114 valence electrons. The minimum absolute atomic E-state index is 0.138. The lowest BCUT2D eigenvalue weighted by molar-refractivity contribution is 0.0977. The third-order valence-corrected chi connectivity index (χ3v) is 4.01. The van der Waals surface area contributed by atoms with Crippen molar-refractivity contribution in [3.05, 3.63) is 82.4 Å². The number of aryl methyl sites for hydroxylation is 3. The van der Waals surface area contributed by atoms with Gasteiger partial charge in [0, 0.05) is 17.9 Å². The molecule has 0 spiro atoms. The zero-order valence-electron chi connectivity index (χ0n) is 13.9. The maximum absolute atomic E-state index is 12.8. The molecule has 1 nitrogen and oxygen atoms in total. The van der Waals surface area contributed by atoms with E-state index in [0.29, 0.717) is 6.42 Å². The van der Waals surface area contributed by atoms with E-state index in [2.05, 4.69) is 37.3 Å². The highest BCUT2D eigenvalue weighted by atomic mass is 16.1. The molecule has 0 amide bonds. The monoisotopic (exact) mass is 292 g/mol. The summed E-state index contributed by atoms with van der Waals surface area (Å²) in [5.74, 6) is 0.362. The van der Waals surface area contributed by atoms with Crippen molar-refractivity contribution in [3.8, 4) is 0 Å². The van der Waals surface area contributed by atoms with E-state index in [1.165, 1.54) is 11.1 Å². The molecule has 0 heterocycles. The molecular formula is C21H24O. The second-order valence-corrected chi connectivity index (χ2v) is 5.94. The molecule has 0 aliphatic rings. The van der Waals surface area contributed by atoms with Gasteiger partial charge in [-0.2, -0.15) is 0 Å². The van der Waals surface area contributed by atoms with Crippen LogP contribution in [0.15, 0.2) is 54.6 Å². The van der Waals surface area contributed by atoms with Crippen LogP contribution < -0.4 is 0 Å². The lowest BCUT2D eigenvalue weighted by atomic mass is 9.88. The Bertz CT molecular complexity index is 657. The average molecular weight is 292 g/mol. The van der Waals surface area contributed by atoms with Gasteiger partial charge >= 0.3 is 0 Å². The van der Waals surface area contributed by atoms with Gasteiger partial charge in [-0.05, 0) is 44.4 Å². The lowest BCUT2D eigenvalue weighted by Gasteiger charge is -2.15. The quantitative estimate of drug-likeness (QED) is 0.522. The van der Waals surface area contributed by atoms with Gasteiger partial charge in [0.25, 0.3) is 0 Å². The van der Waals surface area contributed by atoms with E-state index in [1.807, 2.05) is 45.0 Å². The molecule has 0 aliphatic heterocycles. The summed E-state index contributed by atoms with van der Waals surface area (Å²) in [4.78, 5) is 12.8. The van der Waals surface area contributed by atoms with Crippen molar-refractivity contribution in [2.45, 2.75) is 40.0 Å². The molecule has 0 radical (unpaired) electrons. The number of hydrogen-bond donors (Lipinski definition) is 0. The number of Topliss-reactive ketones (excluding diaryl/α,β-unsaturated/α-hetero) is 1. The van der Waals surface area contributed by atoms with Gasteiger partial charge in [0.2, 0.25) is 0 Å². The van der Waals surface area contributed by atoms with Crippen molar-refractivity contribution in [2.24, 2.45) is 0 Å². The molecule has 1 unspecified atom stereocenters. The summed E-state index contributed by atoms with van der Waals surface area (Å²) in [5.41, 5.74) is 5.44. The van der Waals surface area contributed by atoms with Crippen LogP contribution in [-0.4, -0.2) is 5.78 Å². The fourth-order valence-corrected chi connectivity index (χ4v) is 3.15. The molecule has 0 saturated carbocycles. The van der Waals surface area contributed by atoms with E-state index in [0.717, 1.165) is 16.7 Å².